The Kier molecular flexibility index (Phi) is 6.06. The number of amides is 2. The van der Waals surface area contributed by atoms with Crippen molar-refractivity contribution in [2.75, 3.05) is 31.5 Å². The van der Waals surface area contributed by atoms with Crippen molar-refractivity contribution in [3.63, 3.8) is 0 Å². The highest BCUT2D eigenvalue weighted by molar-refractivity contribution is 7.89. The number of anilines is 1. The van der Waals surface area contributed by atoms with Crippen LogP contribution in [-0.2, 0) is 19.6 Å². The number of para-hydroxylation sites is 1. The van der Waals surface area contributed by atoms with E-state index in [1.54, 1.807) is 24.3 Å². The zero-order valence-electron chi connectivity index (χ0n) is 17.2. The van der Waals surface area contributed by atoms with Crippen LogP contribution in [0.15, 0.2) is 53.4 Å². The lowest BCUT2D eigenvalue weighted by Crippen LogP contribution is -2.52. The molecule has 1 atom stereocenters. The van der Waals surface area contributed by atoms with Gasteiger partial charge in [0, 0.05) is 38.3 Å². The maximum atomic E-state index is 13.1. The molecule has 12 heteroatoms. The maximum Gasteiger partial charge on any atom is 0.573 e. The Morgan fingerprint density at radius 2 is 1.64 bits per heavy atom. The number of carbonyl (C=O) groups excluding carboxylic acids is 2. The number of piperazine rings is 1. The molecule has 0 spiro atoms. The maximum absolute atomic E-state index is 13.1. The van der Waals surface area contributed by atoms with Crippen LogP contribution in [0.3, 0.4) is 0 Å². The van der Waals surface area contributed by atoms with Crippen molar-refractivity contribution >= 4 is 27.5 Å². The monoisotopic (exact) mass is 483 g/mol. The number of alkyl halides is 3. The van der Waals surface area contributed by atoms with E-state index in [-0.39, 0.29) is 49.3 Å². The summed E-state index contributed by atoms with van der Waals surface area (Å²) < 4.78 is 67.6. The van der Waals surface area contributed by atoms with E-state index in [1.165, 1.54) is 9.21 Å². The SMILES string of the molecule is O=C1CC(C(=O)N2CCN(S(=O)(=O)c3ccc(OC(F)(F)F)cc3)CC2)c2ccccc2N1. The first-order chi connectivity index (χ1) is 15.5. The molecular formula is C21H20F3N3O5S. The Morgan fingerprint density at radius 1 is 1.00 bits per heavy atom. The summed E-state index contributed by atoms with van der Waals surface area (Å²) in [5, 5.41) is 2.74. The summed E-state index contributed by atoms with van der Waals surface area (Å²) in [6, 6.07) is 11.0. The van der Waals surface area contributed by atoms with Gasteiger partial charge in [-0.25, -0.2) is 8.42 Å². The summed E-state index contributed by atoms with van der Waals surface area (Å²) in [5.41, 5.74) is 1.31. The van der Waals surface area contributed by atoms with Gasteiger partial charge in [0.1, 0.15) is 5.75 Å². The Hall–Kier alpha value is -3.12. The van der Waals surface area contributed by atoms with Crippen molar-refractivity contribution in [3.05, 3.63) is 54.1 Å². The minimum Gasteiger partial charge on any atom is -0.406 e. The zero-order valence-corrected chi connectivity index (χ0v) is 18.0. The van der Waals surface area contributed by atoms with Crippen LogP contribution in [0.2, 0.25) is 0 Å². The van der Waals surface area contributed by atoms with Gasteiger partial charge in [0.15, 0.2) is 0 Å². The van der Waals surface area contributed by atoms with Crippen molar-refractivity contribution in [1.82, 2.24) is 9.21 Å². The number of fused-ring (bicyclic) bond motifs is 1. The van der Waals surface area contributed by atoms with Crippen LogP contribution in [0.25, 0.3) is 0 Å². The van der Waals surface area contributed by atoms with Crippen LogP contribution in [0.4, 0.5) is 18.9 Å². The van der Waals surface area contributed by atoms with Crippen molar-refractivity contribution < 1.29 is 35.9 Å². The highest BCUT2D eigenvalue weighted by Gasteiger charge is 2.37. The number of nitrogens with one attached hydrogen (secondary N) is 1. The molecule has 2 aromatic rings. The number of carbonyl (C=O) groups is 2. The summed E-state index contributed by atoms with van der Waals surface area (Å²) in [7, 11) is -3.96. The molecule has 8 nitrogen and oxygen atoms in total. The molecule has 2 amide bonds. The van der Waals surface area contributed by atoms with Crippen LogP contribution in [0.5, 0.6) is 5.75 Å². The normalized spacial score (nSPS) is 19.5. The number of rotatable bonds is 4. The fraction of sp³-hybridized carbons (Fsp3) is 0.333. The van der Waals surface area contributed by atoms with Crippen LogP contribution < -0.4 is 10.1 Å². The Morgan fingerprint density at radius 3 is 2.27 bits per heavy atom. The minimum absolute atomic E-state index is 0.0146. The van der Waals surface area contributed by atoms with E-state index in [0.717, 1.165) is 29.8 Å². The van der Waals surface area contributed by atoms with Gasteiger partial charge in [-0.1, -0.05) is 18.2 Å². The fourth-order valence-corrected chi connectivity index (χ4v) is 5.39. The lowest BCUT2D eigenvalue weighted by Gasteiger charge is -2.36. The molecule has 0 aliphatic carbocycles. The zero-order chi connectivity index (χ0) is 23.8. The topological polar surface area (TPSA) is 96.0 Å². The van der Waals surface area contributed by atoms with Crippen molar-refractivity contribution in [2.45, 2.75) is 23.6 Å². The molecule has 2 heterocycles. The molecule has 1 fully saturated rings. The second kappa shape index (κ2) is 8.67. The third-order valence-electron chi connectivity index (χ3n) is 5.54. The average Bonchev–Trinajstić information content (AvgIpc) is 2.77. The Balaban J connectivity index is 1.42. The van der Waals surface area contributed by atoms with Crippen molar-refractivity contribution in [3.8, 4) is 5.75 Å². The van der Waals surface area contributed by atoms with Gasteiger partial charge in [-0.2, -0.15) is 4.31 Å². The lowest BCUT2D eigenvalue weighted by molar-refractivity contribution is -0.274. The summed E-state index contributed by atoms with van der Waals surface area (Å²) in [6.07, 6.45) is -4.86. The molecule has 0 radical (unpaired) electrons. The van der Waals surface area contributed by atoms with Gasteiger partial charge in [0.25, 0.3) is 0 Å². The van der Waals surface area contributed by atoms with Crippen LogP contribution in [0, 0.1) is 0 Å². The number of benzene rings is 2. The lowest BCUT2D eigenvalue weighted by atomic mass is 9.89. The average molecular weight is 483 g/mol. The highest BCUT2D eigenvalue weighted by Crippen LogP contribution is 2.34. The predicted molar refractivity (Wildman–Crippen MR) is 111 cm³/mol. The second-order valence-corrected chi connectivity index (χ2v) is 9.58. The van der Waals surface area contributed by atoms with Crippen molar-refractivity contribution in [2.24, 2.45) is 0 Å². The van der Waals surface area contributed by atoms with Gasteiger partial charge in [-0.05, 0) is 35.9 Å². The molecular weight excluding hydrogens is 463 g/mol. The van der Waals surface area contributed by atoms with Crippen LogP contribution >= 0.6 is 0 Å². The summed E-state index contributed by atoms with van der Waals surface area (Å²) in [5.74, 6) is -1.66. The molecule has 1 saturated heterocycles. The molecule has 0 bridgehead atoms. The van der Waals surface area contributed by atoms with Gasteiger partial charge >= 0.3 is 6.36 Å². The first-order valence-corrected chi connectivity index (χ1v) is 11.5. The molecule has 2 aromatic carbocycles. The second-order valence-electron chi connectivity index (χ2n) is 7.64. The van der Waals surface area contributed by atoms with Crippen LogP contribution in [0.1, 0.15) is 17.9 Å². The van der Waals surface area contributed by atoms with E-state index in [2.05, 4.69) is 10.1 Å². The largest absolute Gasteiger partial charge is 0.573 e. The number of hydrogen-bond donors (Lipinski definition) is 1. The Bertz CT molecular complexity index is 1160. The quantitative estimate of drug-likeness (QED) is 0.721. The molecule has 0 saturated carbocycles. The van der Waals surface area contributed by atoms with Gasteiger partial charge < -0.3 is 15.0 Å². The predicted octanol–water partition coefficient (Wildman–Crippen LogP) is 2.54. The van der Waals surface area contributed by atoms with Crippen LogP contribution in [-0.4, -0.2) is 62.0 Å². The number of ether oxygens (including phenoxy) is 1. The molecule has 176 valence electrons. The summed E-state index contributed by atoms with van der Waals surface area (Å²) in [4.78, 5) is 26.5. The van der Waals surface area contributed by atoms with E-state index >= 15 is 0 Å². The number of hydrogen-bond acceptors (Lipinski definition) is 5. The standard InChI is InChI=1S/C21H20F3N3O5S/c22-21(23,24)32-14-5-7-15(8-6-14)33(30,31)27-11-9-26(10-12-27)20(29)17-13-19(28)25-18-4-2-1-3-16(17)18/h1-8,17H,9-13H2,(H,25,28). The number of nitrogens with zero attached hydrogens (tertiary/aromatic N) is 2. The highest BCUT2D eigenvalue weighted by atomic mass is 32.2. The van der Waals surface area contributed by atoms with Gasteiger partial charge in [-0.3, -0.25) is 9.59 Å². The Labute approximate surface area is 188 Å². The van der Waals surface area contributed by atoms with Gasteiger partial charge in [-0.15, -0.1) is 13.2 Å². The van der Waals surface area contributed by atoms with Gasteiger partial charge in [0.2, 0.25) is 21.8 Å². The van der Waals surface area contributed by atoms with Gasteiger partial charge in [0.05, 0.1) is 10.8 Å². The van der Waals surface area contributed by atoms with E-state index in [1.807, 2.05) is 0 Å². The van der Waals surface area contributed by atoms with E-state index < -0.39 is 28.1 Å². The first-order valence-electron chi connectivity index (χ1n) is 10.1. The number of halogens is 3. The van der Waals surface area contributed by atoms with E-state index in [4.69, 9.17) is 0 Å². The first kappa shape index (κ1) is 23.1. The molecule has 2 aliphatic rings. The summed E-state index contributed by atoms with van der Waals surface area (Å²) in [6.45, 7) is 0.312. The smallest absolute Gasteiger partial charge is 0.406 e. The molecule has 4 rings (SSSR count). The molecule has 2 aliphatic heterocycles. The molecule has 1 N–H and O–H groups in total. The third kappa shape index (κ3) is 4.96. The molecule has 33 heavy (non-hydrogen) atoms. The number of sulfonamides is 1. The summed E-state index contributed by atoms with van der Waals surface area (Å²) >= 11 is 0. The van der Waals surface area contributed by atoms with E-state index in [0.29, 0.717) is 5.69 Å². The minimum atomic E-state index is -4.87. The third-order valence-corrected chi connectivity index (χ3v) is 7.46. The fourth-order valence-electron chi connectivity index (χ4n) is 3.96. The van der Waals surface area contributed by atoms with Crippen molar-refractivity contribution in [1.29, 1.82) is 0 Å². The van der Waals surface area contributed by atoms with E-state index in [9.17, 15) is 31.2 Å². The molecule has 1 unspecified atom stereocenters. The molecule has 0 aromatic heterocycles.